The zero-order chi connectivity index (χ0) is 38.0. The largest absolute Gasteiger partial charge is 0.482 e. The molecule has 5 aliphatic rings. The van der Waals surface area contributed by atoms with E-state index in [1.54, 1.807) is 0 Å². The molecule has 0 amide bonds. The van der Waals surface area contributed by atoms with Gasteiger partial charge in [-0.05, 0) is 79.3 Å². The van der Waals surface area contributed by atoms with Gasteiger partial charge in [0.2, 0.25) is 0 Å². The van der Waals surface area contributed by atoms with Crippen LogP contribution in [0.1, 0.15) is 65.5 Å². The molecule has 2 bridgehead atoms. The minimum absolute atomic E-state index is 0.0479. The molecule has 57 heavy (non-hydrogen) atoms. The van der Waals surface area contributed by atoms with E-state index in [1.807, 2.05) is 0 Å². The van der Waals surface area contributed by atoms with Crippen molar-refractivity contribution in [2.24, 2.45) is 5.92 Å². The van der Waals surface area contributed by atoms with Crippen LogP contribution in [0, 0.1) is 5.92 Å². The predicted octanol–water partition coefficient (Wildman–Crippen LogP) is 9.87. The smallest absolute Gasteiger partial charge is 0.184 e. The van der Waals surface area contributed by atoms with E-state index in [1.165, 1.54) is 29.5 Å². The average molecular weight is 752 g/mol. The molecule has 2 saturated carbocycles. The summed E-state index contributed by atoms with van der Waals surface area (Å²) in [4.78, 5) is 2.63. The number of nitrogens with zero attached hydrogens (tertiary/aromatic N) is 1. The van der Waals surface area contributed by atoms with Crippen molar-refractivity contribution in [3.8, 4) is 22.6 Å². The van der Waals surface area contributed by atoms with Gasteiger partial charge >= 0.3 is 0 Å². The van der Waals surface area contributed by atoms with Crippen LogP contribution in [0.4, 0.5) is 0 Å². The highest BCUT2D eigenvalue weighted by atomic mass is 16.6. The molecule has 0 unspecified atom stereocenters. The molecule has 5 heteroatoms. The Labute approximate surface area is 335 Å². The fraction of sp³-hybridized carbons (Fsp3) is 0.308. The molecule has 6 aromatic carbocycles. The normalized spacial score (nSPS) is 26.0. The number of hydrogen-bond acceptors (Lipinski definition) is 5. The van der Waals surface area contributed by atoms with Crippen LogP contribution in [0.5, 0.6) is 11.5 Å². The molecule has 1 spiro atoms. The van der Waals surface area contributed by atoms with Crippen molar-refractivity contribution in [3.05, 3.63) is 191 Å². The van der Waals surface area contributed by atoms with Gasteiger partial charge in [0.05, 0.1) is 23.7 Å². The van der Waals surface area contributed by atoms with Crippen LogP contribution in [0.3, 0.4) is 0 Å². The number of ether oxygens (including phenoxy) is 3. The van der Waals surface area contributed by atoms with Gasteiger partial charge in [0.15, 0.2) is 17.1 Å². The highest BCUT2D eigenvalue weighted by Gasteiger charge is 2.73. The number of likely N-dealkylation sites (tertiary alicyclic amines) is 1. The van der Waals surface area contributed by atoms with Crippen molar-refractivity contribution in [1.82, 2.24) is 4.90 Å². The number of rotatable bonds is 11. The van der Waals surface area contributed by atoms with Crippen LogP contribution < -0.4 is 9.47 Å². The highest BCUT2D eigenvalue weighted by molar-refractivity contribution is 5.65. The molecule has 1 N–H and O–H groups in total. The molecule has 6 aromatic rings. The van der Waals surface area contributed by atoms with Crippen LogP contribution in [0.2, 0.25) is 0 Å². The Balaban J connectivity index is 1.01. The van der Waals surface area contributed by atoms with E-state index in [0.29, 0.717) is 18.8 Å². The Morgan fingerprint density at radius 2 is 1.26 bits per heavy atom. The summed E-state index contributed by atoms with van der Waals surface area (Å²) in [5.74, 6) is 2.23. The van der Waals surface area contributed by atoms with Crippen molar-refractivity contribution < 1.29 is 19.3 Å². The van der Waals surface area contributed by atoms with Crippen LogP contribution in [0.15, 0.2) is 158 Å². The summed E-state index contributed by atoms with van der Waals surface area (Å²) in [7, 11) is 0. The highest BCUT2D eigenvalue weighted by Crippen LogP contribution is 2.66. The molecule has 3 fully saturated rings. The first-order valence-corrected chi connectivity index (χ1v) is 21.0. The molecule has 11 rings (SSSR count). The fourth-order valence-electron chi connectivity index (χ4n) is 11.2. The van der Waals surface area contributed by atoms with Gasteiger partial charge < -0.3 is 19.3 Å². The molecule has 5 nitrogen and oxygen atoms in total. The number of hydrogen-bond donors (Lipinski definition) is 1. The zero-order valence-electron chi connectivity index (χ0n) is 32.3. The molecule has 286 valence electrons. The number of aliphatic hydroxyl groups is 1. The van der Waals surface area contributed by atoms with Crippen molar-refractivity contribution in [1.29, 1.82) is 0 Å². The lowest BCUT2D eigenvalue weighted by Gasteiger charge is -2.64. The second-order valence-electron chi connectivity index (χ2n) is 17.1. The van der Waals surface area contributed by atoms with Crippen molar-refractivity contribution >= 4 is 0 Å². The van der Waals surface area contributed by atoms with Gasteiger partial charge in [-0.15, -0.1) is 0 Å². The Hall–Kier alpha value is -5.20. The van der Waals surface area contributed by atoms with Crippen LogP contribution in [-0.4, -0.2) is 46.9 Å². The quantitative estimate of drug-likeness (QED) is 0.134. The minimum atomic E-state index is -0.966. The van der Waals surface area contributed by atoms with Crippen molar-refractivity contribution in [3.63, 3.8) is 0 Å². The second-order valence-corrected chi connectivity index (χ2v) is 17.1. The van der Waals surface area contributed by atoms with E-state index >= 15 is 0 Å². The SMILES string of the molecule is O[C@@]12CC[C@@H](OCc3ccc(-c4ccccc4)cc3)[C@@H]3Oc4c(OC(c5ccccc5)(c5ccccc5)c5ccccc5)ccc5c4[C@@]31CCN(CC1CC1)[C@@H]2C5. The molecule has 5 atom stereocenters. The predicted molar refractivity (Wildman–Crippen MR) is 223 cm³/mol. The van der Waals surface area contributed by atoms with Gasteiger partial charge in [0, 0.05) is 34.8 Å². The zero-order valence-corrected chi connectivity index (χ0v) is 32.3. The molecular weight excluding hydrogens is 703 g/mol. The van der Waals surface area contributed by atoms with E-state index in [0.717, 1.165) is 71.8 Å². The van der Waals surface area contributed by atoms with Gasteiger partial charge in [0.25, 0.3) is 0 Å². The lowest BCUT2D eigenvalue weighted by molar-refractivity contribution is -0.217. The molecule has 1 saturated heterocycles. The Morgan fingerprint density at radius 3 is 1.88 bits per heavy atom. The first kappa shape index (κ1) is 35.0. The van der Waals surface area contributed by atoms with Gasteiger partial charge in [-0.1, -0.05) is 152 Å². The monoisotopic (exact) mass is 751 g/mol. The lowest BCUT2D eigenvalue weighted by Crippen LogP contribution is -2.77. The molecule has 2 heterocycles. The van der Waals surface area contributed by atoms with Gasteiger partial charge in [-0.2, -0.15) is 0 Å². The Kier molecular flexibility index (Phi) is 8.43. The maximum atomic E-state index is 13.4. The maximum absolute atomic E-state index is 13.4. The summed E-state index contributed by atoms with van der Waals surface area (Å²) in [6, 6.07) is 55.3. The van der Waals surface area contributed by atoms with Crippen LogP contribution >= 0.6 is 0 Å². The molecule has 2 aliphatic heterocycles. The first-order chi connectivity index (χ1) is 28.1. The summed E-state index contributed by atoms with van der Waals surface area (Å²) in [5.41, 5.74) is 6.55. The number of benzene rings is 6. The van der Waals surface area contributed by atoms with Crippen LogP contribution in [0.25, 0.3) is 11.1 Å². The van der Waals surface area contributed by atoms with E-state index in [2.05, 4.69) is 163 Å². The Morgan fingerprint density at radius 1 is 0.667 bits per heavy atom. The summed E-state index contributed by atoms with van der Waals surface area (Å²) in [6.07, 6.45) is 5.12. The minimum Gasteiger partial charge on any atom is -0.482 e. The maximum Gasteiger partial charge on any atom is 0.184 e. The van der Waals surface area contributed by atoms with Gasteiger partial charge in [0.1, 0.15) is 6.10 Å². The van der Waals surface area contributed by atoms with E-state index in [9.17, 15) is 5.11 Å². The summed E-state index contributed by atoms with van der Waals surface area (Å²) in [6.45, 7) is 2.50. The third-order valence-electron chi connectivity index (χ3n) is 14.0. The molecular formula is C52H49NO4. The lowest BCUT2D eigenvalue weighted by atomic mass is 9.48. The average Bonchev–Trinajstić information content (AvgIpc) is 4.02. The van der Waals surface area contributed by atoms with Crippen molar-refractivity contribution in [2.75, 3.05) is 13.1 Å². The van der Waals surface area contributed by atoms with E-state index in [4.69, 9.17) is 14.2 Å². The first-order valence-electron chi connectivity index (χ1n) is 21.0. The summed E-state index contributed by atoms with van der Waals surface area (Å²) >= 11 is 0. The third-order valence-corrected chi connectivity index (χ3v) is 14.0. The van der Waals surface area contributed by atoms with Gasteiger partial charge in [-0.3, -0.25) is 4.90 Å². The fourth-order valence-corrected chi connectivity index (χ4v) is 11.2. The van der Waals surface area contributed by atoms with Crippen LogP contribution in [-0.2, 0) is 28.8 Å². The summed E-state index contributed by atoms with van der Waals surface area (Å²) in [5, 5.41) is 13.4. The third kappa shape index (κ3) is 5.54. The molecule has 0 radical (unpaired) electrons. The van der Waals surface area contributed by atoms with Gasteiger partial charge in [-0.25, -0.2) is 0 Å². The topological polar surface area (TPSA) is 51.2 Å². The standard InChI is InChI=1S/C52H49NO4/c54-51-30-29-45(55-35-37-23-25-39(26-24-37)38-13-5-1-6-14-38)49-50(51)31-32-53(34-36-21-22-36)46(51)33-40-27-28-44(48(56-49)47(40)50)57-52(41-15-7-2-8-16-41,42-17-9-3-10-18-42)43-19-11-4-12-20-43/h1-20,23-28,36,45-46,49,54H,21-22,29-35H2/t45-,46-,49+,50+,51-/m1/s1. The Bertz CT molecular complexity index is 2270. The van der Waals surface area contributed by atoms with Crippen molar-refractivity contribution in [2.45, 2.75) is 80.0 Å². The molecule has 0 aromatic heterocycles. The second kappa shape index (κ2) is 13.7. The van der Waals surface area contributed by atoms with E-state index in [-0.39, 0.29) is 18.2 Å². The van der Waals surface area contributed by atoms with E-state index < -0.39 is 16.6 Å². The number of piperidine rings is 1. The molecule has 3 aliphatic carbocycles. The summed E-state index contributed by atoms with van der Waals surface area (Å²) < 4.78 is 22.0.